The number of rotatable bonds is 6. The van der Waals surface area contributed by atoms with E-state index in [0.717, 1.165) is 41.0 Å². The normalized spacial score (nSPS) is 15.8. The summed E-state index contributed by atoms with van der Waals surface area (Å²) in [5, 5.41) is 9.27. The van der Waals surface area contributed by atoms with E-state index >= 15 is 0 Å². The Morgan fingerprint density at radius 1 is 1.27 bits per heavy atom. The molecule has 26 heavy (non-hydrogen) atoms. The van der Waals surface area contributed by atoms with Gasteiger partial charge < -0.3 is 14.6 Å². The molecule has 0 aromatic heterocycles. The molecule has 1 unspecified atom stereocenters. The van der Waals surface area contributed by atoms with Gasteiger partial charge >= 0.3 is 5.97 Å². The summed E-state index contributed by atoms with van der Waals surface area (Å²) in [7, 11) is 0. The van der Waals surface area contributed by atoms with Gasteiger partial charge in [0.15, 0.2) is 0 Å². The largest absolute Gasteiger partial charge is 0.489 e. The van der Waals surface area contributed by atoms with Crippen molar-refractivity contribution < 1.29 is 19.4 Å². The van der Waals surface area contributed by atoms with Crippen LogP contribution in [-0.4, -0.2) is 16.7 Å². The van der Waals surface area contributed by atoms with Crippen LogP contribution in [0.2, 0.25) is 0 Å². The van der Waals surface area contributed by atoms with Crippen molar-refractivity contribution >= 4 is 5.97 Å². The molecule has 1 aliphatic heterocycles. The minimum absolute atomic E-state index is 0.178. The number of benzene rings is 2. The summed E-state index contributed by atoms with van der Waals surface area (Å²) < 4.78 is 12.0. The van der Waals surface area contributed by atoms with Crippen LogP contribution in [0, 0.1) is 0 Å². The van der Waals surface area contributed by atoms with Crippen molar-refractivity contribution in [3.05, 3.63) is 58.7 Å². The minimum atomic E-state index is -0.809. The molecular formula is C22H26O4. The Kier molecular flexibility index (Phi) is 4.94. The molecule has 0 spiro atoms. The molecule has 1 aliphatic rings. The van der Waals surface area contributed by atoms with Gasteiger partial charge in [-0.15, -0.1) is 0 Å². The standard InChI is InChI=1S/C22H26O4/c1-5-15-11-17(9-10-18(15)14(2)21(23)24)25-13-16-7-6-8-20-19(16)12-22(3,4)26-20/h6-11,14H,5,12-13H2,1-4H3,(H,23,24). The third-order valence-electron chi connectivity index (χ3n) is 4.95. The monoisotopic (exact) mass is 354 g/mol. The third kappa shape index (κ3) is 3.69. The molecule has 3 rings (SSSR count). The second-order valence-electron chi connectivity index (χ2n) is 7.50. The number of carboxylic acids is 1. The topological polar surface area (TPSA) is 55.8 Å². The van der Waals surface area contributed by atoms with Crippen LogP contribution >= 0.6 is 0 Å². The fourth-order valence-corrected chi connectivity index (χ4v) is 3.50. The lowest BCUT2D eigenvalue weighted by molar-refractivity contribution is -0.138. The summed E-state index contributed by atoms with van der Waals surface area (Å²) in [6.07, 6.45) is 1.64. The van der Waals surface area contributed by atoms with Gasteiger partial charge in [0.25, 0.3) is 0 Å². The van der Waals surface area contributed by atoms with Crippen LogP contribution in [-0.2, 0) is 24.2 Å². The van der Waals surface area contributed by atoms with E-state index in [2.05, 4.69) is 19.9 Å². The third-order valence-corrected chi connectivity index (χ3v) is 4.95. The first-order valence-electron chi connectivity index (χ1n) is 9.09. The van der Waals surface area contributed by atoms with Crippen LogP contribution in [0.4, 0.5) is 0 Å². The highest BCUT2D eigenvalue weighted by atomic mass is 16.5. The summed E-state index contributed by atoms with van der Waals surface area (Å²) in [6, 6.07) is 11.8. The molecule has 138 valence electrons. The zero-order chi connectivity index (χ0) is 18.9. The quantitative estimate of drug-likeness (QED) is 0.815. The first-order chi connectivity index (χ1) is 12.3. The number of hydrogen-bond acceptors (Lipinski definition) is 3. The smallest absolute Gasteiger partial charge is 0.310 e. The lowest BCUT2D eigenvalue weighted by Gasteiger charge is -2.16. The van der Waals surface area contributed by atoms with E-state index in [1.54, 1.807) is 6.92 Å². The lowest BCUT2D eigenvalue weighted by Crippen LogP contribution is -2.24. The highest BCUT2D eigenvalue weighted by molar-refractivity contribution is 5.76. The van der Waals surface area contributed by atoms with Crippen molar-refractivity contribution in [3.63, 3.8) is 0 Å². The number of aliphatic carboxylic acids is 1. The summed E-state index contributed by atoms with van der Waals surface area (Å²) in [6.45, 7) is 8.40. The average molecular weight is 354 g/mol. The maximum atomic E-state index is 11.3. The second-order valence-corrected chi connectivity index (χ2v) is 7.50. The molecular weight excluding hydrogens is 328 g/mol. The van der Waals surface area contributed by atoms with Crippen LogP contribution in [0.15, 0.2) is 36.4 Å². The molecule has 1 atom stereocenters. The van der Waals surface area contributed by atoms with Crippen LogP contribution < -0.4 is 9.47 Å². The van der Waals surface area contributed by atoms with Crippen LogP contribution in [0.3, 0.4) is 0 Å². The highest BCUT2D eigenvalue weighted by Gasteiger charge is 2.31. The molecule has 0 saturated carbocycles. The number of carbonyl (C=O) groups is 1. The number of carboxylic acid groups (broad SMARTS) is 1. The van der Waals surface area contributed by atoms with Crippen LogP contribution in [0.25, 0.3) is 0 Å². The SMILES string of the molecule is CCc1cc(OCc2cccc3c2CC(C)(C)O3)ccc1C(C)C(=O)O. The van der Waals surface area contributed by atoms with Crippen molar-refractivity contribution in [1.82, 2.24) is 0 Å². The number of hydrogen-bond donors (Lipinski definition) is 1. The Balaban J connectivity index is 1.78. The predicted octanol–water partition coefficient (Wildman–Crippen LogP) is 4.73. The second kappa shape index (κ2) is 7.02. The summed E-state index contributed by atoms with van der Waals surface area (Å²) in [5.74, 6) is 0.376. The first kappa shape index (κ1) is 18.3. The van der Waals surface area contributed by atoms with Gasteiger partial charge in [-0.3, -0.25) is 4.79 Å². The maximum absolute atomic E-state index is 11.3. The number of aryl methyl sites for hydroxylation is 1. The lowest BCUT2D eigenvalue weighted by atomic mass is 9.94. The summed E-state index contributed by atoms with van der Waals surface area (Å²) in [4.78, 5) is 11.3. The molecule has 0 aliphatic carbocycles. The van der Waals surface area contributed by atoms with Gasteiger partial charge in [-0.05, 0) is 62.1 Å². The van der Waals surface area contributed by atoms with Gasteiger partial charge in [-0.2, -0.15) is 0 Å². The Morgan fingerprint density at radius 2 is 2.04 bits per heavy atom. The van der Waals surface area contributed by atoms with Gasteiger partial charge in [0.1, 0.15) is 23.7 Å². The molecule has 0 bridgehead atoms. The van der Waals surface area contributed by atoms with Crippen molar-refractivity contribution in [3.8, 4) is 11.5 Å². The highest BCUT2D eigenvalue weighted by Crippen LogP contribution is 2.37. The number of ether oxygens (including phenoxy) is 2. The molecule has 4 nitrogen and oxygen atoms in total. The molecule has 0 saturated heterocycles. The zero-order valence-electron chi connectivity index (χ0n) is 15.8. The van der Waals surface area contributed by atoms with Crippen molar-refractivity contribution in [2.45, 2.75) is 58.7 Å². The average Bonchev–Trinajstić information content (AvgIpc) is 2.93. The van der Waals surface area contributed by atoms with E-state index in [9.17, 15) is 9.90 Å². The van der Waals surface area contributed by atoms with Gasteiger partial charge in [0.05, 0.1) is 5.92 Å². The maximum Gasteiger partial charge on any atom is 0.310 e. The van der Waals surface area contributed by atoms with E-state index in [1.165, 1.54) is 5.56 Å². The van der Waals surface area contributed by atoms with Crippen LogP contribution in [0.1, 0.15) is 55.9 Å². The Labute approximate surface area is 154 Å². The van der Waals surface area contributed by atoms with Gasteiger partial charge in [-0.25, -0.2) is 0 Å². The molecule has 0 fully saturated rings. The molecule has 2 aromatic rings. The molecule has 0 radical (unpaired) electrons. The van der Waals surface area contributed by atoms with Crippen molar-refractivity contribution in [2.24, 2.45) is 0 Å². The van der Waals surface area contributed by atoms with E-state index in [-0.39, 0.29) is 5.60 Å². The van der Waals surface area contributed by atoms with E-state index in [0.29, 0.717) is 6.61 Å². The van der Waals surface area contributed by atoms with Gasteiger partial charge in [-0.1, -0.05) is 25.1 Å². The number of fused-ring (bicyclic) bond motifs is 1. The van der Waals surface area contributed by atoms with Gasteiger partial charge in [0.2, 0.25) is 0 Å². The van der Waals surface area contributed by atoms with Crippen LogP contribution in [0.5, 0.6) is 11.5 Å². The molecule has 2 aromatic carbocycles. The summed E-state index contributed by atoms with van der Waals surface area (Å²) >= 11 is 0. The van der Waals surface area contributed by atoms with Gasteiger partial charge in [0, 0.05) is 12.0 Å². The predicted molar refractivity (Wildman–Crippen MR) is 101 cm³/mol. The molecule has 1 heterocycles. The fraction of sp³-hybridized carbons (Fsp3) is 0.409. The van der Waals surface area contributed by atoms with E-state index < -0.39 is 11.9 Å². The Morgan fingerprint density at radius 3 is 2.73 bits per heavy atom. The van der Waals surface area contributed by atoms with Crippen molar-refractivity contribution in [1.29, 1.82) is 0 Å². The first-order valence-corrected chi connectivity index (χ1v) is 9.09. The summed E-state index contributed by atoms with van der Waals surface area (Å²) in [5.41, 5.74) is 4.03. The Bertz CT molecular complexity index is 823. The molecule has 4 heteroatoms. The molecule has 0 amide bonds. The van der Waals surface area contributed by atoms with Crippen molar-refractivity contribution in [2.75, 3.05) is 0 Å². The van der Waals surface area contributed by atoms with E-state index in [1.807, 2.05) is 37.3 Å². The fourth-order valence-electron chi connectivity index (χ4n) is 3.50. The zero-order valence-corrected chi connectivity index (χ0v) is 15.8. The molecule has 1 N–H and O–H groups in total. The minimum Gasteiger partial charge on any atom is -0.489 e. The Hall–Kier alpha value is -2.49. The van der Waals surface area contributed by atoms with E-state index in [4.69, 9.17) is 9.47 Å².